The lowest BCUT2D eigenvalue weighted by Gasteiger charge is -2.45. The standard InChI is InChI=1S/C21H20F2N2O3S/c1-13(27)25-21(29-20(24-25)16-11-15(22)8-9-18(16)23)14(5-4-10-26)12-28-19-7-3-2-6-17(19)21/h2-3,6-9,11,14,26H,4-5,10,12H2,1H3/t14-,21+/m1/s1. The molecule has 2 atom stereocenters. The smallest absolute Gasteiger partial charge is 0.241 e. The molecule has 0 aliphatic carbocycles. The number of thioether (sulfide) groups is 1. The van der Waals surface area contributed by atoms with Crippen LogP contribution < -0.4 is 4.74 Å². The van der Waals surface area contributed by atoms with Gasteiger partial charge in [-0.25, -0.2) is 13.8 Å². The normalized spacial score (nSPS) is 23.0. The van der Waals surface area contributed by atoms with Gasteiger partial charge in [0.1, 0.15) is 22.4 Å². The zero-order valence-corrected chi connectivity index (χ0v) is 16.6. The Morgan fingerprint density at radius 3 is 2.90 bits per heavy atom. The van der Waals surface area contributed by atoms with Crippen molar-refractivity contribution in [2.75, 3.05) is 13.2 Å². The molecule has 0 saturated carbocycles. The predicted octanol–water partition coefficient (Wildman–Crippen LogP) is 3.86. The van der Waals surface area contributed by atoms with E-state index in [0.717, 1.165) is 23.8 Å². The number of aliphatic hydroxyl groups is 1. The van der Waals surface area contributed by atoms with Crippen LogP contribution in [0.15, 0.2) is 47.6 Å². The highest BCUT2D eigenvalue weighted by Crippen LogP contribution is 2.57. The number of fused-ring (bicyclic) bond motifs is 2. The summed E-state index contributed by atoms with van der Waals surface area (Å²) in [5.41, 5.74) is 0.771. The highest BCUT2D eigenvalue weighted by Gasteiger charge is 2.56. The van der Waals surface area contributed by atoms with Crippen molar-refractivity contribution in [3.63, 3.8) is 0 Å². The maximum absolute atomic E-state index is 14.5. The molecular formula is C21H20F2N2O3S. The van der Waals surface area contributed by atoms with Gasteiger partial charge in [-0.3, -0.25) is 4.79 Å². The van der Waals surface area contributed by atoms with Gasteiger partial charge in [-0.15, -0.1) is 0 Å². The predicted molar refractivity (Wildman–Crippen MR) is 106 cm³/mol. The highest BCUT2D eigenvalue weighted by molar-refractivity contribution is 8.15. The van der Waals surface area contributed by atoms with Crippen LogP contribution in [0, 0.1) is 17.6 Å². The number of nitrogens with zero attached hydrogens (tertiary/aromatic N) is 2. The number of carbonyl (C=O) groups excluding carboxylic acids is 1. The van der Waals surface area contributed by atoms with E-state index in [2.05, 4.69) is 5.10 Å². The molecule has 8 heteroatoms. The molecule has 0 bridgehead atoms. The van der Waals surface area contributed by atoms with E-state index in [-0.39, 0.29) is 29.0 Å². The first-order chi connectivity index (χ1) is 14.0. The molecule has 1 spiro atoms. The van der Waals surface area contributed by atoms with Gasteiger partial charge in [-0.2, -0.15) is 5.10 Å². The number of amides is 1. The van der Waals surface area contributed by atoms with Crippen molar-refractivity contribution in [1.29, 1.82) is 0 Å². The number of aliphatic hydroxyl groups excluding tert-OH is 1. The van der Waals surface area contributed by atoms with Gasteiger partial charge in [0.25, 0.3) is 0 Å². The molecule has 0 aromatic heterocycles. The van der Waals surface area contributed by atoms with Crippen molar-refractivity contribution in [1.82, 2.24) is 5.01 Å². The second kappa shape index (κ2) is 7.76. The van der Waals surface area contributed by atoms with Gasteiger partial charge in [0.2, 0.25) is 5.91 Å². The third-order valence-corrected chi connectivity index (χ3v) is 6.72. The van der Waals surface area contributed by atoms with Crippen LogP contribution in [0.2, 0.25) is 0 Å². The highest BCUT2D eigenvalue weighted by atomic mass is 32.2. The Kier molecular flexibility index (Phi) is 5.31. The topological polar surface area (TPSA) is 62.1 Å². The third kappa shape index (κ3) is 3.30. The molecular weight excluding hydrogens is 398 g/mol. The van der Waals surface area contributed by atoms with Gasteiger partial charge in [0.05, 0.1) is 6.61 Å². The molecule has 0 saturated heterocycles. The summed E-state index contributed by atoms with van der Waals surface area (Å²) in [5, 5.41) is 15.4. The van der Waals surface area contributed by atoms with Crippen LogP contribution in [0.25, 0.3) is 0 Å². The molecule has 5 nitrogen and oxygen atoms in total. The molecule has 0 fully saturated rings. The Hall–Kier alpha value is -2.45. The molecule has 152 valence electrons. The van der Waals surface area contributed by atoms with Crippen LogP contribution in [0.4, 0.5) is 8.78 Å². The SMILES string of the molecule is CC(=O)N1N=C(c2cc(F)ccc2F)S[C@@]12c1ccccc1OC[C@H]2CCCO. The lowest BCUT2D eigenvalue weighted by atomic mass is 9.86. The van der Waals surface area contributed by atoms with Crippen molar-refractivity contribution < 1.29 is 23.4 Å². The first kappa shape index (κ1) is 19.8. The van der Waals surface area contributed by atoms with Crippen molar-refractivity contribution in [2.24, 2.45) is 11.0 Å². The average Bonchev–Trinajstić information content (AvgIpc) is 3.11. The van der Waals surface area contributed by atoms with E-state index in [1.54, 1.807) is 0 Å². The summed E-state index contributed by atoms with van der Waals surface area (Å²) in [6.45, 7) is 1.73. The number of rotatable bonds is 4. The van der Waals surface area contributed by atoms with Gasteiger partial charge < -0.3 is 9.84 Å². The number of carbonyl (C=O) groups is 1. The van der Waals surface area contributed by atoms with Gasteiger partial charge >= 0.3 is 0 Å². The van der Waals surface area contributed by atoms with E-state index in [1.165, 1.54) is 23.7 Å². The minimum Gasteiger partial charge on any atom is -0.493 e. The molecule has 0 unspecified atom stereocenters. The summed E-state index contributed by atoms with van der Waals surface area (Å²) in [7, 11) is 0. The third-order valence-electron chi connectivity index (χ3n) is 5.19. The Balaban J connectivity index is 1.87. The van der Waals surface area contributed by atoms with Crippen molar-refractivity contribution in [3.8, 4) is 5.75 Å². The molecule has 4 rings (SSSR count). The van der Waals surface area contributed by atoms with Crippen LogP contribution in [-0.4, -0.2) is 34.3 Å². The van der Waals surface area contributed by atoms with Crippen molar-refractivity contribution in [2.45, 2.75) is 24.6 Å². The minimum absolute atomic E-state index is 0.00516. The maximum Gasteiger partial charge on any atom is 0.241 e. The fraction of sp³-hybridized carbons (Fsp3) is 0.333. The Bertz CT molecular complexity index is 984. The molecule has 2 aliphatic rings. The van der Waals surface area contributed by atoms with Crippen LogP contribution in [0.3, 0.4) is 0 Å². The van der Waals surface area contributed by atoms with E-state index < -0.39 is 16.5 Å². The van der Waals surface area contributed by atoms with Gasteiger partial charge in [0, 0.05) is 30.6 Å². The zero-order valence-electron chi connectivity index (χ0n) is 15.8. The van der Waals surface area contributed by atoms with Gasteiger partial charge in [0.15, 0.2) is 4.87 Å². The van der Waals surface area contributed by atoms with Crippen LogP contribution in [0.1, 0.15) is 30.9 Å². The summed E-state index contributed by atoms with van der Waals surface area (Å²) in [5.74, 6) is -1.07. The summed E-state index contributed by atoms with van der Waals surface area (Å²) in [6.07, 6.45) is 1.10. The van der Waals surface area contributed by atoms with Gasteiger partial charge in [-0.1, -0.05) is 30.0 Å². The summed E-state index contributed by atoms with van der Waals surface area (Å²) < 4.78 is 34.2. The van der Waals surface area contributed by atoms with E-state index in [0.29, 0.717) is 25.2 Å². The average molecular weight is 418 g/mol. The van der Waals surface area contributed by atoms with Gasteiger partial charge in [-0.05, 0) is 37.1 Å². The van der Waals surface area contributed by atoms with Crippen molar-refractivity contribution in [3.05, 3.63) is 65.2 Å². The first-order valence-corrected chi connectivity index (χ1v) is 10.2. The van der Waals surface area contributed by atoms with Crippen molar-refractivity contribution >= 4 is 22.7 Å². The largest absolute Gasteiger partial charge is 0.493 e. The van der Waals surface area contributed by atoms with E-state index in [4.69, 9.17) is 4.74 Å². The summed E-state index contributed by atoms with van der Waals surface area (Å²) >= 11 is 1.23. The number of benzene rings is 2. The summed E-state index contributed by atoms with van der Waals surface area (Å²) in [6, 6.07) is 10.6. The first-order valence-electron chi connectivity index (χ1n) is 9.34. The Morgan fingerprint density at radius 2 is 2.14 bits per heavy atom. The zero-order chi connectivity index (χ0) is 20.6. The molecule has 29 heavy (non-hydrogen) atoms. The van der Waals surface area contributed by atoms with E-state index >= 15 is 0 Å². The van der Waals surface area contributed by atoms with E-state index in [1.807, 2.05) is 24.3 Å². The molecule has 1 N–H and O–H groups in total. The number of hydrogen-bond donors (Lipinski definition) is 1. The minimum atomic E-state index is -0.954. The summed E-state index contributed by atoms with van der Waals surface area (Å²) in [4.78, 5) is 11.7. The van der Waals surface area contributed by atoms with Crippen LogP contribution in [0.5, 0.6) is 5.75 Å². The second-order valence-electron chi connectivity index (χ2n) is 7.03. The van der Waals surface area contributed by atoms with Crippen LogP contribution in [-0.2, 0) is 9.67 Å². The molecule has 2 aromatic carbocycles. The lowest BCUT2D eigenvalue weighted by molar-refractivity contribution is -0.134. The Labute approximate surface area is 171 Å². The fourth-order valence-corrected chi connectivity index (χ4v) is 5.47. The van der Waals surface area contributed by atoms with Crippen LogP contribution >= 0.6 is 11.8 Å². The molecule has 2 aromatic rings. The number of hydrazone groups is 1. The number of ether oxygens (including phenoxy) is 1. The number of halogens is 2. The van der Waals surface area contributed by atoms with E-state index in [9.17, 15) is 18.7 Å². The monoisotopic (exact) mass is 418 g/mol. The maximum atomic E-state index is 14.5. The fourth-order valence-electron chi connectivity index (χ4n) is 3.90. The lowest BCUT2D eigenvalue weighted by Crippen LogP contribution is -2.50. The quantitative estimate of drug-likeness (QED) is 0.819. The molecule has 2 heterocycles. The Morgan fingerprint density at radius 1 is 1.34 bits per heavy atom. The molecule has 2 aliphatic heterocycles. The number of para-hydroxylation sites is 1. The second-order valence-corrected chi connectivity index (χ2v) is 8.24. The molecule has 1 amide bonds. The number of hydrogen-bond acceptors (Lipinski definition) is 5. The molecule has 0 radical (unpaired) electrons.